The van der Waals surface area contributed by atoms with Crippen molar-refractivity contribution < 1.29 is 22.8 Å². The summed E-state index contributed by atoms with van der Waals surface area (Å²) in [6.07, 6.45) is 0. The van der Waals surface area contributed by atoms with E-state index < -0.39 is 15.9 Å². The minimum atomic E-state index is -3.89. The second-order valence-corrected chi connectivity index (χ2v) is 9.63. The van der Waals surface area contributed by atoms with E-state index in [0.29, 0.717) is 28.2 Å². The molecule has 10 nitrogen and oxygen atoms in total. The van der Waals surface area contributed by atoms with Crippen LogP contribution in [-0.2, 0) is 10.0 Å². The van der Waals surface area contributed by atoms with Crippen molar-refractivity contribution in [1.82, 2.24) is 15.4 Å². The second kappa shape index (κ2) is 8.67. The highest BCUT2D eigenvalue weighted by atomic mass is 32.2. The maximum absolute atomic E-state index is 12.7. The van der Waals surface area contributed by atoms with Gasteiger partial charge in [-0.2, -0.15) is 5.10 Å². The molecule has 0 unspecified atom stereocenters. The third-order valence-corrected chi connectivity index (χ3v) is 6.69. The van der Waals surface area contributed by atoms with Crippen molar-refractivity contribution in [2.75, 3.05) is 10.0 Å². The van der Waals surface area contributed by atoms with Crippen LogP contribution >= 0.6 is 0 Å². The molecule has 0 radical (unpaired) electrons. The molecule has 4 N–H and O–H groups in total. The van der Waals surface area contributed by atoms with Crippen LogP contribution in [0.1, 0.15) is 32.9 Å². The molecule has 4 rings (SSSR count). The van der Waals surface area contributed by atoms with Crippen molar-refractivity contribution >= 4 is 27.5 Å². The fraction of sp³-hybridized carbons (Fsp3) is 0.174. The molecule has 2 aromatic heterocycles. The van der Waals surface area contributed by atoms with Gasteiger partial charge in [-0.05, 0) is 75.2 Å². The van der Waals surface area contributed by atoms with Crippen molar-refractivity contribution in [3.05, 3.63) is 70.5 Å². The molecule has 0 bridgehead atoms. The molecule has 0 atom stereocenters. The molecule has 176 valence electrons. The van der Waals surface area contributed by atoms with Gasteiger partial charge in [0, 0.05) is 16.8 Å². The molecule has 2 aromatic carbocycles. The van der Waals surface area contributed by atoms with Crippen LogP contribution in [0.2, 0.25) is 0 Å². The highest BCUT2D eigenvalue weighted by molar-refractivity contribution is 7.92. The number of aromatic amines is 1. The number of hydrogen-bond donors (Lipinski definition) is 4. The average Bonchev–Trinajstić information content (AvgIpc) is 3.36. The predicted molar refractivity (Wildman–Crippen MR) is 126 cm³/mol. The number of rotatable bonds is 6. The number of nitrogens with zero attached hydrogens (tertiary/aromatic N) is 2. The number of carbonyl (C=O) groups excluding carboxylic acids is 1. The Kier molecular flexibility index (Phi) is 5.88. The van der Waals surface area contributed by atoms with Crippen LogP contribution in [0.15, 0.2) is 51.9 Å². The topological polar surface area (TPSA) is 150 Å². The third kappa shape index (κ3) is 4.50. The molecule has 0 spiro atoms. The Morgan fingerprint density at radius 1 is 1.06 bits per heavy atom. The number of aromatic hydroxyl groups is 1. The number of hydrogen-bond acceptors (Lipinski definition) is 7. The number of anilines is 2. The Morgan fingerprint density at radius 2 is 1.76 bits per heavy atom. The van der Waals surface area contributed by atoms with Crippen LogP contribution < -0.4 is 10.0 Å². The fourth-order valence-corrected chi connectivity index (χ4v) is 4.50. The lowest BCUT2D eigenvalue weighted by atomic mass is 10.0. The lowest BCUT2D eigenvalue weighted by molar-refractivity contribution is 0.102. The first-order valence-corrected chi connectivity index (χ1v) is 11.8. The number of sulfonamides is 1. The van der Waals surface area contributed by atoms with Gasteiger partial charge in [0.2, 0.25) is 5.88 Å². The van der Waals surface area contributed by atoms with E-state index in [2.05, 4.69) is 25.4 Å². The molecular weight excluding hydrogens is 458 g/mol. The number of H-pyrrole nitrogens is 1. The van der Waals surface area contributed by atoms with Crippen molar-refractivity contribution in [3.63, 3.8) is 0 Å². The Hall–Kier alpha value is -4.12. The molecule has 34 heavy (non-hydrogen) atoms. The summed E-state index contributed by atoms with van der Waals surface area (Å²) < 4.78 is 32.6. The Balaban J connectivity index is 1.48. The van der Waals surface area contributed by atoms with Crippen LogP contribution in [0.25, 0.3) is 11.3 Å². The van der Waals surface area contributed by atoms with E-state index in [-0.39, 0.29) is 22.2 Å². The standard InChI is InChI=1S/C23H23N5O5S/c1-12-9-13(2)21(20(29)10-12)18-11-19(26-25-18)22(30)24-16-5-7-17(8-6-16)34(31,32)28-23-14(3)15(4)27-33-23/h5-11,28-29H,1-4H3,(H,24,30)(H,25,26). The first-order chi connectivity index (χ1) is 16.0. The predicted octanol–water partition coefficient (Wildman–Crippen LogP) is 4.06. The van der Waals surface area contributed by atoms with Crippen molar-refractivity contribution in [1.29, 1.82) is 0 Å². The normalized spacial score (nSPS) is 11.4. The Labute approximate surface area is 196 Å². The van der Waals surface area contributed by atoms with Gasteiger partial charge < -0.3 is 14.9 Å². The van der Waals surface area contributed by atoms with Gasteiger partial charge in [-0.15, -0.1) is 0 Å². The first-order valence-electron chi connectivity index (χ1n) is 10.3. The maximum Gasteiger partial charge on any atom is 0.273 e. The summed E-state index contributed by atoms with van der Waals surface area (Å²) >= 11 is 0. The van der Waals surface area contributed by atoms with Gasteiger partial charge in [-0.1, -0.05) is 11.2 Å². The van der Waals surface area contributed by atoms with E-state index in [1.807, 2.05) is 19.9 Å². The summed E-state index contributed by atoms with van der Waals surface area (Å²) in [6, 6.07) is 10.8. The molecule has 4 aromatic rings. The number of aryl methyl sites for hydroxylation is 3. The van der Waals surface area contributed by atoms with Crippen molar-refractivity contribution in [3.8, 4) is 17.0 Å². The maximum atomic E-state index is 12.7. The number of amides is 1. The van der Waals surface area contributed by atoms with Gasteiger partial charge in [0.15, 0.2) is 0 Å². The van der Waals surface area contributed by atoms with Gasteiger partial charge >= 0.3 is 0 Å². The van der Waals surface area contributed by atoms with Gasteiger partial charge in [-0.25, -0.2) is 13.1 Å². The van der Waals surface area contributed by atoms with E-state index in [1.165, 1.54) is 30.3 Å². The number of aromatic nitrogens is 3. The SMILES string of the molecule is Cc1cc(C)c(-c2cc(C(=O)Nc3ccc(S(=O)(=O)Nc4onc(C)c4C)cc3)[nH]n2)c(O)c1. The van der Waals surface area contributed by atoms with Gasteiger partial charge in [0.25, 0.3) is 15.9 Å². The van der Waals surface area contributed by atoms with E-state index in [9.17, 15) is 18.3 Å². The summed E-state index contributed by atoms with van der Waals surface area (Å²) in [6.45, 7) is 7.14. The third-order valence-electron chi connectivity index (χ3n) is 5.34. The zero-order chi connectivity index (χ0) is 24.6. The Morgan fingerprint density at radius 3 is 2.38 bits per heavy atom. The van der Waals surface area contributed by atoms with Crippen LogP contribution in [0.4, 0.5) is 11.6 Å². The Bertz CT molecular complexity index is 1460. The van der Waals surface area contributed by atoms with Crippen LogP contribution in [0.5, 0.6) is 5.75 Å². The molecule has 0 aliphatic heterocycles. The lowest BCUT2D eigenvalue weighted by Crippen LogP contribution is -2.14. The summed E-state index contributed by atoms with van der Waals surface area (Å²) in [5, 5.41) is 23.5. The van der Waals surface area contributed by atoms with Crippen LogP contribution in [-0.4, -0.2) is 34.8 Å². The number of phenols is 1. The highest BCUT2D eigenvalue weighted by Crippen LogP contribution is 2.32. The van der Waals surface area contributed by atoms with Crippen LogP contribution in [0.3, 0.4) is 0 Å². The van der Waals surface area contributed by atoms with Crippen molar-refractivity contribution in [2.45, 2.75) is 32.6 Å². The monoisotopic (exact) mass is 481 g/mol. The first kappa shape index (κ1) is 23.1. The fourth-order valence-electron chi connectivity index (χ4n) is 3.45. The number of carbonyl (C=O) groups is 1. The van der Waals surface area contributed by atoms with Crippen molar-refractivity contribution in [2.24, 2.45) is 0 Å². The zero-order valence-corrected chi connectivity index (χ0v) is 19.7. The average molecular weight is 482 g/mol. The summed E-state index contributed by atoms with van der Waals surface area (Å²) in [4.78, 5) is 12.6. The molecule has 0 saturated heterocycles. The molecular formula is C23H23N5O5S. The molecule has 11 heteroatoms. The van der Waals surface area contributed by atoms with E-state index in [4.69, 9.17) is 4.52 Å². The van der Waals surface area contributed by atoms with Gasteiger partial charge in [0.05, 0.1) is 16.3 Å². The minimum Gasteiger partial charge on any atom is -0.507 e. The van der Waals surface area contributed by atoms with Gasteiger partial charge in [0.1, 0.15) is 11.4 Å². The van der Waals surface area contributed by atoms with E-state index >= 15 is 0 Å². The summed E-state index contributed by atoms with van der Waals surface area (Å²) in [7, 11) is -3.89. The molecule has 0 aliphatic carbocycles. The summed E-state index contributed by atoms with van der Waals surface area (Å²) in [5.74, 6) is -0.332. The van der Waals surface area contributed by atoms with Gasteiger partial charge in [-0.3, -0.25) is 9.89 Å². The zero-order valence-electron chi connectivity index (χ0n) is 18.9. The number of benzene rings is 2. The quantitative estimate of drug-likeness (QED) is 0.324. The van der Waals surface area contributed by atoms with E-state index in [1.54, 1.807) is 19.9 Å². The van der Waals surface area contributed by atoms with E-state index in [0.717, 1.165) is 11.1 Å². The number of nitrogens with one attached hydrogen (secondary N) is 3. The molecule has 0 saturated carbocycles. The largest absolute Gasteiger partial charge is 0.507 e. The highest BCUT2D eigenvalue weighted by Gasteiger charge is 2.20. The molecule has 2 heterocycles. The minimum absolute atomic E-state index is 0.00639. The molecule has 0 aliphatic rings. The lowest BCUT2D eigenvalue weighted by Gasteiger charge is -2.08. The van der Waals surface area contributed by atoms with Crippen LogP contribution in [0, 0.1) is 27.7 Å². The smallest absolute Gasteiger partial charge is 0.273 e. The molecule has 0 fully saturated rings. The summed E-state index contributed by atoms with van der Waals surface area (Å²) in [5.41, 5.74) is 4.48. The second-order valence-electron chi connectivity index (χ2n) is 7.95. The number of phenolic OH excluding ortho intramolecular Hbond substituents is 1. The molecule has 1 amide bonds.